The number of rotatable bonds is 8. The average molecular weight is 375 g/mol. The molecule has 1 heterocycles. The Kier molecular flexibility index (Phi) is 6.63. The number of benzene rings is 2. The number of anilines is 1. The average Bonchev–Trinajstić information content (AvgIpc) is 2.74. The highest BCUT2D eigenvalue weighted by Crippen LogP contribution is 2.14. The molecular formula is C23H25N3O2. The van der Waals surface area contributed by atoms with Crippen molar-refractivity contribution >= 4 is 11.6 Å². The largest absolute Gasteiger partial charge is 0.497 e. The molecule has 3 aromatic rings. The van der Waals surface area contributed by atoms with E-state index >= 15 is 0 Å². The maximum atomic E-state index is 12.6. The topological polar surface area (TPSA) is 54.5 Å². The van der Waals surface area contributed by atoms with Crippen LogP contribution in [-0.2, 0) is 13.0 Å². The van der Waals surface area contributed by atoms with Crippen LogP contribution in [-0.4, -0.2) is 36.5 Å². The molecule has 0 bridgehead atoms. The first-order valence-corrected chi connectivity index (χ1v) is 9.28. The lowest BCUT2D eigenvalue weighted by Gasteiger charge is -2.17. The van der Waals surface area contributed by atoms with Gasteiger partial charge in [0.1, 0.15) is 11.4 Å². The third-order valence-corrected chi connectivity index (χ3v) is 4.47. The fourth-order valence-corrected chi connectivity index (χ4v) is 2.93. The first-order valence-electron chi connectivity index (χ1n) is 9.28. The molecule has 144 valence electrons. The molecular weight excluding hydrogens is 350 g/mol. The molecule has 0 aliphatic carbocycles. The number of pyridine rings is 1. The van der Waals surface area contributed by atoms with Crippen LogP contribution in [0.5, 0.6) is 5.75 Å². The highest BCUT2D eigenvalue weighted by atomic mass is 16.5. The molecule has 3 rings (SSSR count). The van der Waals surface area contributed by atoms with Crippen LogP contribution in [0.15, 0.2) is 72.9 Å². The zero-order chi connectivity index (χ0) is 19.8. The van der Waals surface area contributed by atoms with E-state index in [0.29, 0.717) is 12.2 Å². The van der Waals surface area contributed by atoms with Crippen molar-refractivity contribution in [1.29, 1.82) is 0 Å². The third kappa shape index (κ3) is 5.33. The molecule has 0 aliphatic rings. The van der Waals surface area contributed by atoms with Crippen LogP contribution in [0.1, 0.15) is 21.6 Å². The Hall–Kier alpha value is -3.34. The van der Waals surface area contributed by atoms with Crippen molar-refractivity contribution in [3.63, 3.8) is 0 Å². The molecule has 2 aromatic carbocycles. The molecule has 0 atom stereocenters. The first kappa shape index (κ1) is 19.4. The van der Waals surface area contributed by atoms with Gasteiger partial charge in [-0.3, -0.25) is 4.79 Å². The Balaban J connectivity index is 1.51. The number of nitrogens with zero attached hydrogens (tertiary/aromatic N) is 2. The number of carbonyl (C=O) groups is 1. The van der Waals surface area contributed by atoms with Gasteiger partial charge >= 0.3 is 0 Å². The van der Waals surface area contributed by atoms with E-state index in [9.17, 15) is 4.79 Å². The van der Waals surface area contributed by atoms with Gasteiger partial charge in [0.05, 0.1) is 19.0 Å². The van der Waals surface area contributed by atoms with Gasteiger partial charge in [0.25, 0.3) is 5.91 Å². The van der Waals surface area contributed by atoms with Gasteiger partial charge in [0.2, 0.25) is 0 Å². The van der Waals surface area contributed by atoms with E-state index in [0.717, 1.165) is 30.0 Å². The summed E-state index contributed by atoms with van der Waals surface area (Å²) in [5.41, 5.74) is 3.63. The van der Waals surface area contributed by atoms with E-state index in [2.05, 4.69) is 16.4 Å². The van der Waals surface area contributed by atoms with Crippen LogP contribution in [0, 0.1) is 0 Å². The molecule has 0 unspecified atom stereocenters. The third-order valence-electron chi connectivity index (χ3n) is 4.47. The van der Waals surface area contributed by atoms with Crippen molar-refractivity contribution in [2.24, 2.45) is 0 Å². The van der Waals surface area contributed by atoms with Gasteiger partial charge in [-0.05, 0) is 41.8 Å². The quantitative estimate of drug-likeness (QED) is 0.646. The maximum absolute atomic E-state index is 12.6. The summed E-state index contributed by atoms with van der Waals surface area (Å²) < 4.78 is 5.25. The summed E-state index contributed by atoms with van der Waals surface area (Å²) >= 11 is 0. The molecule has 0 fully saturated rings. The van der Waals surface area contributed by atoms with E-state index in [4.69, 9.17) is 4.74 Å². The second-order valence-corrected chi connectivity index (χ2v) is 6.61. The summed E-state index contributed by atoms with van der Waals surface area (Å²) in [6.45, 7) is 1.33. The predicted molar refractivity (Wildman–Crippen MR) is 112 cm³/mol. The highest BCUT2D eigenvalue weighted by molar-refractivity contribution is 5.92. The van der Waals surface area contributed by atoms with Crippen molar-refractivity contribution < 1.29 is 9.53 Å². The van der Waals surface area contributed by atoms with Crippen LogP contribution in [0.25, 0.3) is 0 Å². The standard InChI is InChI=1S/C23H25N3O2/c1-26(17-19-7-4-3-5-8-19)23(27)22-12-11-20(16-25-22)24-14-13-18-9-6-10-21(15-18)28-2/h3-12,15-16,24H,13-14,17H2,1-2H3. The Morgan fingerprint density at radius 3 is 2.54 bits per heavy atom. The lowest BCUT2D eigenvalue weighted by molar-refractivity contribution is 0.0779. The minimum absolute atomic E-state index is 0.0909. The number of ether oxygens (including phenoxy) is 1. The van der Waals surface area contributed by atoms with Gasteiger partial charge in [-0.2, -0.15) is 0 Å². The summed E-state index contributed by atoms with van der Waals surface area (Å²) in [5.74, 6) is 0.772. The fourth-order valence-electron chi connectivity index (χ4n) is 2.93. The number of amides is 1. The van der Waals surface area contributed by atoms with E-state index in [1.807, 2.05) is 54.6 Å². The zero-order valence-electron chi connectivity index (χ0n) is 16.3. The van der Waals surface area contributed by atoms with Crippen LogP contribution in [0.3, 0.4) is 0 Å². The van der Waals surface area contributed by atoms with Crippen LogP contribution in [0.2, 0.25) is 0 Å². The summed E-state index contributed by atoms with van der Waals surface area (Å²) in [7, 11) is 3.46. The number of aromatic nitrogens is 1. The van der Waals surface area contributed by atoms with Gasteiger partial charge in [-0.25, -0.2) is 4.98 Å². The Morgan fingerprint density at radius 1 is 1.04 bits per heavy atom. The number of hydrogen-bond donors (Lipinski definition) is 1. The summed E-state index contributed by atoms with van der Waals surface area (Å²) in [5, 5.41) is 3.34. The number of nitrogens with one attached hydrogen (secondary N) is 1. The van der Waals surface area contributed by atoms with E-state index in [1.54, 1.807) is 31.3 Å². The maximum Gasteiger partial charge on any atom is 0.272 e. The summed E-state index contributed by atoms with van der Waals surface area (Å²) in [6, 6.07) is 21.6. The molecule has 1 amide bonds. The summed E-state index contributed by atoms with van der Waals surface area (Å²) in [4.78, 5) is 18.5. The number of methoxy groups -OCH3 is 1. The van der Waals surface area contributed by atoms with Crippen molar-refractivity contribution in [1.82, 2.24) is 9.88 Å². The molecule has 1 aromatic heterocycles. The Morgan fingerprint density at radius 2 is 1.82 bits per heavy atom. The lowest BCUT2D eigenvalue weighted by atomic mass is 10.1. The van der Waals surface area contributed by atoms with E-state index < -0.39 is 0 Å². The SMILES string of the molecule is COc1cccc(CCNc2ccc(C(=O)N(C)Cc3ccccc3)nc2)c1. The van der Waals surface area contributed by atoms with Crippen LogP contribution < -0.4 is 10.1 Å². The van der Waals surface area contributed by atoms with Gasteiger partial charge in [-0.15, -0.1) is 0 Å². The zero-order valence-corrected chi connectivity index (χ0v) is 16.3. The van der Waals surface area contributed by atoms with Gasteiger partial charge in [0, 0.05) is 20.1 Å². The van der Waals surface area contributed by atoms with Crippen molar-refractivity contribution in [2.75, 3.05) is 26.0 Å². The number of carbonyl (C=O) groups excluding carboxylic acids is 1. The molecule has 0 saturated heterocycles. The minimum Gasteiger partial charge on any atom is -0.497 e. The predicted octanol–water partition coefficient (Wildman–Crippen LogP) is 4.02. The highest BCUT2D eigenvalue weighted by Gasteiger charge is 2.13. The molecule has 0 aliphatic heterocycles. The molecule has 5 heteroatoms. The first-order chi connectivity index (χ1) is 13.7. The van der Waals surface area contributed by atoms with Crippen molar-refractivity contribution in [2.45, 2.75) is 13.0 Å². The smallest absolute Gasteiger partial charge is 0.272 e. The molecule has 0 spiro atoms. The van der Waals surface area contributed by atoms with E-state index in [-0.39, 0.29) is 5.91 Å². The van der Waals surface area contributed by atoms with E-state index in [1.165, 1.54) is 5.56 Å². The van der Waals surface area contributed by atoms with Crippen molar-refractivity contribution in [3.05, 3.63) is 89.7 Å². The molecule has 0 radical (unpaired) electrons. The van der Waals surface area contributed by atoms with Crippen LogP contribution >= 0.6 is 0 Å². The monoisotopic (exact) mass is 375 g/mol. The van der Waals surface area contributed by atoms with Gasteiger partial charge in [-0.1, -0.05) is 42.5 Å². The Bertz CT molecular complexity index is 895. The molecule has 1 N–H and O–H groups in total. The minimum atomic E-state index is -0.0909. The second-order valence-electron chi connectivity index (χ2n) is 6.61. The molecule has 5 nitrogen and oxygen atoms in total. The number of hydrogen-bond acceptors (Lipinski definition) is 4. The lowest BCUT2D eigenvalue weighted by Crippen LogP contribution is -2.27. The normalized spacial score (nSPS) is 10.4. The van der Waals surface area contributed by atoms with Gasteiger partial charge < -0.3 is 15.0 Å². The fraction of sp³-hybridized carbons (Fsp3) is 0.217. The Labute approximate surface area is 166 Å². The van der Waals surface area contributed by atoms with Crippen molar-refractivity contribution in [3.8, 4) is 5.75 Å². The summed E-state index contributed by atoms with van der Waals surface area (Å²) in [6.07, 6.45) is 2.58. The second kappa shape index (κ2) is 9.55. The van der Waals surface area contributed by atoms with Crippen LogP contribution in [0.4, 0.5) is 5.69 Å². The molecule has 28 heavy (non-hydrogen) atoms. The molecule has 0 saturated carbocycles. The van der Waals surface area contributed by atoms with Gasteiger partial charge in [0.15, 0.2) is 0 Å².